The summed E-state index contributed by atoms with van der Waals surface area (Å²) in [6, 6.07) is 13.5. The van der Waals surface area contributed by atoms with Crippen LogP contribution in [0.3, 0.4) is 0 Å². The Kier molecular flexibility index (Phi) is 4.34. The molecule has 0 saturated heterocycles. The van der Waals surface area contributed by atoms with E-state index in [1.807, 2.05) is 13.0 Å². The van der Waals surface area contributed by atoms with Crippen molar-refractivity contribution in [3.05, 3.63) is 59.4 Å². The van der Waals surface area contributed by atoms with Crippen LogP contribution in [0.1, 0.15) is 24.1 Å². The van der Waals surface area contributed by atoms with Gasteiger partial charge in [0, 0.05) is 11.6 Å². The van der Waals surface area contributed by atoms with E-state index in [1.165, 1.54) is 6.07 Å². The third kappa shape index (κ3) is 2.79. The lowest BCUT2D eigenvalue weighted by Crippen LogP contribution is -2.13. The highest BCUT2D eigenvalue weighted by Crippen LogP contribution is 2.33. The predicted molar refractivity (Wildman–Crippen MR) is 75.1 cm³/mol. The lowest BCUT2D eigenvalue weighted by Gasteiger charge is -2.17. The van der Waals surface area contributed by atoms with Crippen LogP contribution in [-0.4, -0.2) is 7.05 Å². The summed E-state index contributed by atoms with van der Waals surface area (Å²) in [5.41, 5.74) is 1.08. The van der Waals surface area contributed by atoms with Gasteiger partial charge in [0.05, 0.1) is 5.56 Å². The normalized spacial score (nSPS) is 11.7. The SMILES string of the molecule is CNC(C)c1cccc(F)c1Oc1ccccc1C#N. The minimum absolute atomic E-state index is 0.0602. The molecular weight excluding hydrogens is 255 g/mol. The summed E-state index contributed by atoms with van der Waals surface area (Å²) in [5.74, 6) is 0.0547. The van der Waals surface area contributed by atoms with Gasteiger partial charge in [0.15, 0.2) is 11.6 Å². The molecule has 2 aromatic rings. The summed E-state index contributed by atoms with van der Waals surface area (Å²) in [4.78, 5) is 0. The van der Waals surface area contributed by atoms with Crippen molar-refractivity contribution >= 4 is 0 Å². The molecule has 4 heteroatoms. The molecule has 0 aliphatic rings. The van der Waals surface area contributed by atoms with Gasteiger partial charge in [-0.15, -0.1) is 0 Å². The molecule has 0 fully saturated rings. The molecule has 0 aliphatic carbocycles. The van der Waals surface area contributed by atoms with Gasteiger partial charge in [-0.2, -0.15) is 5.26 Å². The van der Waals surface area contributed by atoms with Crippen LogP contribution < -0.4 is 10.1 Å². The maximum absolute atomic E-state index is 14.0. The van der Waals surface area contributed by atoms with Gasteiger partial charge in [0.1, 0.15) is 11.8 Å². The summed E-state index contributed by atoms with van der Waals surface area (Å²) < 4.78 is 19.7. The Bertz CT molecular complexity index is 649. The average molecular weight is 270 g/mol. The fourth-order valence-corrected chi connectivity index (χ4v) is 1.89. The molecule has 0 radical (unpaired) electrons. The van der Waals surface area contributed by atoms with E-state index in [9.17, 15) is 4.39 Å². The van der Waals surface area contributed by atoms with Crippen LogP contribution in [0.2, 0.25) is 0 Å². The topological polar surface area (TPSA) is 45.0 Å². The first-order chi connectivity index (χ1) is 9.67. The Hall–Kier alpha value is -2.38. The lowest BCUT2D eigenvalue weighted by atomic mass is 10.1. The van der Waals surface area contributed by atoms with E-state index in [0.717, 1.165) is 0 Å². The molecule has 102 valence electrons. The molecule has 2 aromatic carbocycles. The van der Waals surface area contributed by atoms with Gasteiger partial charge in [-0.3, -0.25) is 0 Å². The molecule has 0 spiro atoms. The van der Waals surface area contributed by atoms with Crippen molar-refractivity contribution in [1.29, 1.82) is 5.26 Å². The molecule has 1 unspecified atom stereocenters. The van der Waals surface area contributed by atoms with Gasteiger partial charge in [0.25, 0.3) is 0 Å². The summed E-state index contributed by atoms with van der Waals surface area (Å²) >= 11 is 0. The predicted octanol–water partition coefficient (Wildman–Crippen LogP) is 3.77. The van der Waals surface area contributed by atoms with E-state index in [1.54, 1.807) is 43.4 Å². The number of ether oxygens (including phenoxy) is 1. The van der Waals surface area contributed by atoms with Crippen LogP contribution in [-0.2, 0) is 0 Å². The van der Waals surface area contributed by atoms with Crippen molar-refractivity contribution in [1.82, 2.24) is 5.32 Å². The molecule has 0 bridgehead atoms. The number of nitrogens with one attached hydrogen (secondary N) is 1. The zero-order chi connectivity index (χ0) is 14.5. The zero-order valence-corrected chi connectivity index (χ0v) is 11.4. The molecule has 0 amide bonds. The second-order valence-corrected chi connectivity index (χ2v) is 4.38. The molecule has 20 heavy (non-hydrogen) atoms. The van der Waals surface area contributed by atoms with Gasteiger partial charge < -0.3 is 10.1 Å². The van der Waals surface area contributed by atoms with Gasteiger partial charge in [-0.25, -0.2) is 4.39 Å². The maximum atomic E-state index is 14.0. The zero-order valence-electron chi connectivity index (χ0n) is 11.4. The molecule has 3 nitrogen and oxygen atoms in total. The summed E-state index contributed by atoms with van der Waals surface area (Å²) in [7, 11) is 1.79. The number of benzene rings is 2. The number of nitrogens with zero attached hydrogens (tertiary/aromatic N) is 1. The van der Waals surface area contributed by atoms with Crippen molar-refractivity contribution in [3.8, 4) is 17.6 Å². The van der Waals surface area contributed by atoms with Gasteiger partial charge >= 0.3 is 0 Å². The van der Waals surface area contributed by atoms with Crippen molar-refractivity contribution in [2.24, 2.45) is 0 Å². The smallest absolute Gasteiger partial charge is 0.167 e. The van der Waals surface area contributed by atoms with Crippen LogP contribution >= 0.6 is 0 Å². The molecule has 0 aromatic heterocycles. The fourth-order valence-electron chi connectivity index (χ4n) is 1.89. The van der Waals surface area contributed by atoms with E-state index in [2.05, 4.69) is 5.32 Å². The van der Waals surface area contributed by atoms with E-state index < -0.39 is 5.82 Å². The summed E-state index contributed by atoms with van der Waals surface area (Å²) in [6.45, 7) is 1.91. The molecule has 0 aliphatic heterocycles. The van der Waals surface area contributed by atoms with Gasteiger partial charge in [0.2, 0.25) is 0 Å². The lowest BCUT2D eigenvalue weighted by molar-refractivity contribution is 0.427. The van der Waals surface area contributed by atoms with Gasteiger partial charge in [-0.1, -0.05) is 24.3 Å². The minimum atomic E-state index is -0.447. The standard InChI is InChI=1S/C16H15FN2O/c1-11(19-2)13-7-5-8-14(17)16(13)20-15-9-4-3-6-12(15)10-18/h3-9,11,19H,1-2H3. The van der Waals surface area contributed by atoms with Crippen LogP contribution in [0.4, 0.5) is 4.39 Å². The average Bonchev–Trinajstić information content (AvgIpc) is 2.49. The first kappa shape index (κ1) is 14.0. The third-order valence-corrected chi connectivity index (χ3v) is 3.12. The molecule has 1 N–H and O–H groups in total. The number of rotatable bonds is 4. The highest BCUT2D eigenvalue weighted by Gasteiger charge is 2.16. The quantitative estimate of drug-likeness (QED) is 0.919. The second-order valence-electron chi connectivity index (χ2n) is 4.38. The molecule has 0 saturated carbocycles. The molecule has 0 heterocycles. The Balaban J connectivity index is 2.46. The van der Waals surface area contributed by atoms with Crippen molar-refractivity contribution in [2.75, 3.05) is 7.05 Å². The number of hydrogen-bond donors (Lipinski definition) is 1. The highest BCUT2D eigenvalue weighted by atomic mass is 19.1. The van der Waals surface area contributed by atoms with E-state index >= 15 is 0 Å². The monoisotopic (exact) mass is 270 g/mol. The van der Waals surface area contributed by atoms with Crippen LogP contribution in [0.5, 0.6) is 11.5 Å². The Morgan fingerprint density at radius 3 is 2.65 bits per heavy atom. The van der Waals surface area contributed by atoms with Crippen molar-refractivity contribution in [3.63, 3.8) is 0 Å². The Morgan fingerprint density at radius 1 is 1.20 bits per heavy atom. The Labute approximate surface area is 117 Å². The number of halogens is 1. The number of para-hydroxylation sites is 2. The number of hydrogen-bond acceptors (Lipinski definition) is 3. The van der Waals surface area contributed by atoms with Crippen LogP contribution in [0.25, 0.3) is 0 Å². The van der Waals surface area contributed by atoms with E-state index in [4.69, 9.17) is 10.00 Å². The first-order valence-corrected chi connectivity index (χ1v) is 6.30. The van der Waals surface area contributed by atoms with Crippen LogP contribution in [0.15, 0.2) is 42.5 Å². The second kappa shape index (κ2) is 6.18. The van der Waals surface area contributed by atoms with Crippen molar-refractivity contribution < 1.29 is 9.13 Å². The minimum Gasteiger partial charge on any atom is -0.453 e. The molecule has 2 rings (SSSR count). The number of nitriles is 1. The highest BCUT2D eigenvalue weighted by molar-refractivity contribution is 5.47. The van der Waals surface area contributed by atoms with Crippen molar-refractivity contribution in [2.45, 2.75) is 13.0 Å². The first-order valence-electron chi connectivity index (χ1n) is 6.30. The summed E-state index contributed by atoms with van der Waals surface area (Å²) in [6.07, 6.45) is 0. The largest absolute Gasteiger partial charge is 0.453 e. The third-order valence-electron chi connectivity index (χ3n) is 3.12. The summed E-state index contributed by atoms with van der Waals surface area (Å²) in [5, 5.41) is 12.1. The van der Waals surface area contributed by atoms with E-state index in [-0.39, 0.29) is 11.8 Å². The maximum Gasteiger partial charge on any atom is 0.167 e. The molecule has 1 atom stereocenters. The van der Waals surface area contributed by atoms with E-state index in [0.29, 0.717) is 16.9 Å². The fraction of sp³-hybridized carbons (Fsp3) is 0.188. The Morgan fingerprint density at radius 2 is 1.95 bits per heavy atom. The van der Waals surface area contributed by atoms with Gasteiger partial charge in [-0.05, 0) is 32.2 Å². The van der Waals surface area contributed by atoms with Crippen LogP contribution in [0, 0.1) is 17.1 Å². The molecular formula is C16H15FN2O.